The maximum Gasteiger partial charge on any atom is 0.283 e. The van der Waals surface area contributed by atoms with E-state index in [0.29, 0.717) is 26.2 Å². The second-order valence-corrected chi connectivity index (χ2v) is 8.48. The molecule has 1 heterocycles. The van der Waals surface area contributed by atoms with Crippen molar-refractivity contribution in [3.8, 4) is 0 Å². The first-order valence-electron chi connectivity index (χ1n) is 9.23. The molecule has 2 aromatic rings. The van der Waals surface area contributed by atoms with Crippen LogP contribution in [0.15, 0.2) is 52.3 Å². The molecule has 1 unspecified atom stereocenters. The van der Waals surface area contributed by atoms with Crippen molar-refractivity contribution in [3.63, 3.8) is 0 Å². The Morgan fingerprint density at radius 1 is 0.964 bits per heavy atom. The minimum Gasteiger partial charge on any atom is -0.395 e. The summed E-state index contributed by atoms with van der Waals surface area (Å²) in [6, 6.07) is 12.8. The number of para-hydroxylation sites is 1. The highest BCUT2D eigenvalue weighted by Gasteiger charge is 2.29. The van der Waals surface area contributed by atoms with Gasteiger partial charge in [-0.05, 0) is 30.7 Å². The zero-order valence-corrected chi connectivity index (χ0v) is 17.5. The molecule has 0 aliphatic carbocycles. The molecule has 8 heteroatoms. The number of aliphatic hydroxyl groups is 2. The van der Waals surface area contributed by atoms with Gasteiger partial charge in [-0.3, -0.25) is 4.90 Å². The standard InChI is InChI=1S/C20H25F2N2O2PS/c21-20(22,27)15-6-7-19-17(14-15)24(16-4-1-2-5-18(16)28-19)9-3-8-23(10-12-25)11-13-26/h1-2,4-7,14,25-26H,3,8-13,27H2. The van der Waals surface area contributed by atoms with Crippen LogP contribution in [0.3, 0.4) is 0 Å². The van der Waals surface area contributed by atoms with Crippen molar-refractivity contribution in [3.05, 3.63) is 48.0 Å². The molecule has 0 saturated heterocycles. The molecule has 2 aromatic carbocycles. The fourth-order valence-electron chi connectivity index (χ4n) is 3.35. The molecule has 0 fully saturated rings. The summed E-state index contributed by atoms with van der Waals surface area (Å²) in [5, 5.41) is 18.3. The number of alkyl halides is 2. The van der Waals surface area contributed by atoms with Gasteiger partial charge in [-0.2, -0.15) is 8.78 Å². The van der Waals surface area contributed by atoms with Crippen molar-refractivity contribution in [2.45, 2.75) is 21.9 Å². The lowest BCUT2D eigenvalue weighted by Gasteiger charge is -2.34. The van der Waals surface area contributed by atoms with Gasteiger partial charge in [0, 0.05) is 41.5 Å². The Hall–Kier alpha value is -1.24. The fraction of sp³-hybridized carbons (Fsp3) is 0.400. The minimum absolute atomic E-state index is 0.0246. The molecule has 1 aliphatic rings. The Labute approximate surface area is 170 Å². The molecule has 4 nitrogen and oxygen atoms in total. The number of nitrogens with zero attached hydrogens (tertiary/aromatic N) is 2. The van der Waals surface area contributed by atoms with Gasteiger partial charge in [0.15, 0.2) is 0 Å². The highest BCUT2D eigenvalue weighted by atomic mass is 32.2. The second kappa shape index (κ2) is 9.51. The van der Waals surface area contributed by atoms with Crippen LogP contribution in [0.2, 0.25) is 0 Å². The number of halogens is 2. The van der Waals surface area contributed by atoms with Gasteiger partial charge in [0.05, 0.1) is 24.6 Å². The summed E-state index contributed by atoms with van der Waals surface area (Å²) in [7, 11) is 1.61. The van der Waals surface area contributed by atoms with E-state index in [2.05, 4.69) is 4.90 Å². The maximum atomic E-state index is 13.9. The molecule has 1 aliphatic heterocycles. The summed E-state index contributed by atoms with van der Waals surface area (Å²) in [6.45, 7) is 2.46. The van der Waals surface area contributed by atoms with E-state index in [4.69, 9.17) is 10.2 Å². The van der Waals surface area contributed by atoms with E-state index in [-0.39, 0.29) is 18.8 Å². The molecule has 0 aromatic heterocycles. The van der Waals surface area contributed by atoms with Gasteiger partial charge in [-0.25, -0.2) is 0 Å². The summed E-state index contributed by atoms with van der Waals surface area (Å²) in [6.07, 6.45) is 0.778. The third-order valence-electron chi connectivity index (χ3n) is 4.70. The molecular weight excluding hydrogens is 401 g/mol. The SMILES string of the molecule is OCCN(CCO)CCCN1c2ccccc2Sc2ccc(C(F)(F)P)cc21. The van der Waals surface area contributed by atoms with E-state index < -0.39 is 5.66 Å². The van der Waals surface area contributed by atoms with Crippen molar-refractivity contribution in [2.75, 3.05) is 44.3 Å². The number of aliphatic hydroxyl groups excluding tert-OH is 2. The van der Waals surface area contributed by atoms with Crippen LogP contribution in [0.4, 0.5) is 20.2 Å². The molecule has 0 radical (unpaired) electrons. The summed E-state index contributed by atoms with van der Waals surface area (Å²) in [5.74, 6) is 0. The largest absolute Gasteiger partial charge is 0.395 e. The van der Waals surface area contributed by atoms with Crippen LogP contribution in [0.25, 0.3) is 0 Å². The monoisotopic (exact) mass is 426 g/mol. The van der Waals surface area contributed by atoms with Crippen molar-refractivity contribution in [2.24, 2.45) is 0 Å². The van der Waals surface area contributed by atoms with Gasteiger partial charge in [0.2, 0.25) is 0 Å². The van der Waals surface area contributed by atoms with Crippen LogP contribution in [0, 0.1) is 0 Å². The molecule has 0 saturated carbocycles. The first-order valence-corrected chi connectivity index (χ1v) is 10.6. The van der Waals surface area contributed by atoms with Gasteiger partial charge in [-0.1, -0.05) is 39.2 Å². The molecule has 0 amide bonds. The van der Waals surface area contributed by atoms with Crippen LogP contribution < -0.4 is 4.90 Å². The average Bonchev–Trinajstić information content (AvgIpc) is 2.66. The van der Waals surface area contributed by atoms with Gasteiger partial charge >= 0.3 is 0 Å². The molecule has 28 heavy (non-hydrogen) atoms. The predicted molar refractivity (Wildman–Crippen MR) is 113 cm³/mol. The second-order valence-electron chi connectivity index (χ2n) is 6.67. The molecule has 0 spiro atoms. The molecule has 1 atom stereocenters. The fourth-order valence-corrected chi connectivity index (χ4v) is 4.60. The van der Waals surface area contributed by atoms with Crippen molar-refractivity contribution < 1.29 is 19.0 Å². The quantitative estimate of drug-likeness (QED) is 0.596. The average molecular weight is 426 g/mol. The summed E-state index contributed by atoms with van der Waals surface area (Å²) < 4.78 is 27.7. The maximum absolute atomic E-state index is 13.9. The normalized spacial score (nSPS) is 13.6. The highest BCUT2D eigenvalue weighted by Crippen LogP contribution is 2.49. The Morgan fingerprint density at radius 2 is 1.64 bits per heavy atom. The number of hydrogen-bond donors (Lipinski definition) is 2. The van der Waals surface area contributed by atoms with Crippen molar-refractivity contribution in [1.29, 1.82) is 0 Å². The predicted octanol–water partition coefficient (Wildman–Crippen LogP) is 3.89. The van der Waals surface area contributed by atoms with Crippen LogP contribution in [-0.4, -0.2) is 54.5 Å². The Kier molecular flexibility index (Phi) is 7.29. The highest BCUT2D eigenvalue weighted by molar-refractivity contribution is 7.99. The van der Waals surface area contributed by atoms with Gasteiger partial charge in [0.1, 0.15) is 0 Å². The number of hydrogen-bond acceptors (Lipinski definition) is 5. The summed E-state index contributed by atoms with van der Waals surface area (Å²) in [5.41, 5.74) is -1.19. The molecule has 3 rings (SSSR count). The van der Waals surface area contributed by atoms with E-state index in [1.54, 1.807) is 33.1 Å². The summed E-state index contributed by atoms with van der Waals surface area (Å²) >= 11 is 1.59. The number of benzene rings is 2. The van der Waals surface area contributed by atoms with Crippen LogP contribution >= 0.6 is 21.0 Å². The van der Waals surface area contributed by atoms with Crippen molar-refractivity contribution >= 4 is 32.4 Å². The lowest BCUT2D eigenvalue weighted by atomic mass is 10.1. The minimum atomic E-state index is -2.97. The lowest BCUT2D eigenvalue weighted by molar-refractivity contribution is 0.104. The smallest absolute Gasteiger partial charge is 0.283 e. The first kappa shape index (κ1) is 21.5. The lowest BCUT2D eigenvalue weighted by Crippen LogP contribution is -2.33. The topological polar surface area (TPSA) is 46.9 Å². The van der Waals surface area contributed by atoms with Crippen LogP contribution in [0.5, 0.6) is 0 Å². The Morgan fingerprint density at radius 3 is 2.32 bits per heavy atom. The third kappa shape index (κ3) is 5.02. The third-order valence-corrected chi connectivity index (χ3v) is 6.16. The molecule has 0 bridgehead atoms. The zero-order valence-electron chi connectivity index (χ0n) is 15.5. The van der Waals surface area contributed by atoms with E-state index in [0.717, 1.165) is 27.6 Å². The molecule has 2 N–H and O–H groups in total. The van der Waals surface area contributed by atoms with Gasteiger partial charge in [-0.15, -0.1) is 0 Å². The van der Waals surface area contributed by atoms with E-state index in [1.165, 1.54) is 6.07 Å². The van der Waals surface area contributed by atoms with E-state index in [9.17, 15) is 8.78 Å². The molecule has 152 valence electrons. The van der Waals surface area contributed by atoms with Gasteiger partial charge < -0.3 is 15.1 Å². The Bertz CT molecular complexity index is 798. The molecular formula is C20H25F2N2O2PS. The van der Waals surface area contributed by atoms with E-state index >= 15 is 0 Å². The van der Waals surface area contributed by atoms with E-state index in [1.807, 2.05) is 29.2 Å². The first-order chi connectivity index (χ1) is 13.4. The van der Waals surface area contributed by atoms with Crippen LogP contribution in [0.1, 0.15) is 12.0 Å². The summed E-state index contributed by atoms with van der Waals surface area (Å²) in [4.78, 5) is 6.15. The van der Waals surface area contributed by atoms with Crippen LogP contribution in [-0.2, 0) is 5.66 Å². The number of fused-ring (bicyclic) bond motifs is 2. The number of rotatable bonds is 9. The zero-order chi connectivity index (χ0) is 20.1. The van der Waals surface area contributed by atoms with Gasteiger partial charge in [0.25, 0.3) is 5.66 Å². The Balaban J connectivity index is 1.85. The number of anilines is 2. The van der Waals surface area contributed by atoms with Crippen molar-refractivity contribution in [1.82, 2.24) is 4.90 Å².